The number of carboxylic acids is 1. The number of rotatable bonds is 3. The zero-order valence-corrected chi connectivity index (χ0v) is 9.78. The molecule has 0 bridgehead atoms. The molecule has 2 heterocycles. The van der Waals surface area contributed by atoms with Gasteiger partial charge in [-0.3, -0.25) is 4.98 Å². The Labute approximate surface area is 102 Å². The molecule has 4 nitrogen and oxygen atoms in total. The predicted molar refractivity (Wildman–Crippen MR) is 64.3 cm³/mol. The maximum atomic E-state index is 11.2. The third kappa shape index (κ3) is 1.93. The van der Waals surface area contributed by atoms with Crippen LogP contribution in [0.5, 0.6) is 0 Å². The summed E-state index contributed by atoms with van der Waals surface area (Å²) >= 11 is 1.24. The van der Waals surface area contributed by atoms with E-state index in [0.717, 1.165) is 29.1 Å². The van der Waals surface area contributed by atoms with Gasteiger partial charge in [-0.05, 0) is 25.0 Å². The largest absolute Gasteiger partial charge is 0.477 e. The first-order valence-corrected chi connectivity index (χ1v) is 6.22. The van der Waals surface area contributed by atoms with Crippen LogP contribution < -0.4 is 0 Å². The number of pyridine rings is 1. The molecule has 0 aliphatic heterocycles. The highest BCUT2D eigenvalue weighted by atomic mass is 32.1. The number of carboxylic acid groups (broad SMARTS) is 1. The van der Waals surface area contributed by atoms with E-state index in [2.05, 4.69) is 9.97 Å². The Morgan fingerprint density at radius 3 is 2.88 bits per heavy atom. The first-order chi connectivity index (χ1) is 8.25. The average molecular weight is 246 g/mol. The van der Waals surface area contributed by atoms with Gasteiger partial charge in [-0.25, -0.2) is 9.78 Å². The van der Waals surface area contributed by atoms with E-state index in [9.17, 15) is 4.79 Å². The van der Waals surface area contributed by atoms with Gasteiger partial charge in [0.1, 0.15) is 9.88 Å². The number of aromatic nitrogens is 2. The molecule has 0 unspecified atom stereocenters. The van der Waals surface area contributed by atoms with Gasteiger partial charge in [0, 0.05) is 23.9 Å². The van der Waals surface area contributed by atoms with Crippen molar-refractivity contribution in [3.8, 4) is 10.6 Å². The second kappa shape index (κ2) is 3.92. The molecule has 0 radical (unpaired) electrons. The Morgan fingerprint density at radius 1 is 1.47 bits per heavy atom. The van der Waals surface area contributed by atoms with E-state index in [-0.39, 0.29) is 0 Å². The first kappa shape index (κ1) is 10.4. The Bertz CT molecular complexity index is 561. The zero-order chi connectivity index (χ0) is 11.8. The van der Waals surface area contributed by atoms with Crippen LogP contribution in [0.2, 0.25) is 0 Å². The van der Waals surface area contributed by atoms with Crippen LogP contribution in [0, 0.1) is 0 Å². The lowest BCUT2D eigenvalue weighted by Gasteiger charge is -1.93. The van der Waals surface area contributed by atoms with E-state index in [0.29, 0.717) is 10.8 Å². The molecule has 17 heavy (non-hydrogen) atoms. The van der Waals surface area contributed by atoms with Crippen molar-refractivity contribution in [1.29, 1.82) is 0 Å². The van der Waals surface area contributed by atoms with Crippen LogP contribution in [0.25, 0.3) is 10.6 Å². The fraction of sp³-hybridized carbons (Fsp3) is 0.250. The van der Waals surface area contributed by atoms with E-state index in [1.54, 1.807) is 12.4 Å². The van der Waals surface area contributed by atoms with Crippen LogP contribution in [0.1, 0.15) is 34.1 Å². The summed E-state index contributed by atoms with van der Waals surface area (Å²) in [6.07, 6.45) is 5.51. The smallest absolute Gasteiger partial charge is 0.347 e. The van der Waals surface area contributed by atoms with Crippen LogP contribution in [0.4, 0.5) is 0 Å². The Hall–Kier alpha value is -1.75. The third-order valence-corrected chi connectivity index (χ3v) is 3.83. The number of aromatic carboxylic acids is 1. The summed E-state index contributed by atoms with van der Waals surface area (Å²) in [5, 5.41) is 9.90. The van der Waals surface area contributed by atoms with Gasteiger partial charge >= 0.3 is 5.97 Å². The summed E-state index contributed by atoms with van der Waals surface area (Å²) < 4.78 is 0. The first-order valence-electron chi connectivity index (χ1n) is 5.40. The summed E-state index contributed by atoms with van der Waals surface area (Å²) in [5.41, 5.74) is 1.63. The van der Waals surface area contributed by atoms with Crippen molar-refractivity contribution >= 4 is 17.3 Å². The third-order valence-electron chi connectivity index (χ3n) is 2.72. The molecular formula is C12H10N2O2S. The highest BCUT2D eigenvalue weighted by molar-refractivity contribution is 7.17. The molecule has 2 aromatic heterocycles. The molecule has 0 saturated heterocycles. The van der Waals surface area contributed by atoms with E-state index in [1.165, 1.54) is 11.3 Å². The number of thiazole rings is 1. The maximum absolute atomic E-state index is 11.2. The summed E-state index contributed by atoms with van der Waals surface area (Å²) in [5.74, 6) is -0.526. The lowest BCUT2D eigenvalue weighted by Crippen LogP contribution is -1.97. The van der Waals surface area contributed by atoms with E-state index < -0.39 is 5.97 Å². The Kier molecular flexibility index (Phi) is 2.40. The fourth-order valence-electron chi connectivity index (χ4n) is 1.73. The van der Waals surface area contributed by atoms with Crippen molar-refractivity contribution < 1.29 is 9.90 Å². The van der Waals surface area contributed by atoms with Crippen LogP contribution in [-0.2, 0) is 0 Å². The van der Waals surface area contributed by atoms with Gasteiger partial charge in [-0.2, -0.15) is 0 Å². The summed E-state index contributed by atoms with van der Waals surface area (Å²) in [4.78, 5) is 20.0. The number of carbonyl (C=O) groups is 1. The molecule has 1 aliphatic rings. The summed E-state index contributed by atoms with van der Waals surface area (Å²) in [7, 11) is 0. The lowest BCUT2D eigenvalue weighted by molar-refractivity contribution is 0.0700. The SMILES string of the molecule is O=C(O)c1sc(-c2cccnc2)nc1C1CC1. The van der Waals surface area contributed by atoms with Gasteiger partial charge in [0.15, 0.2) is 0 Å². The standard InChI is InChI=1S/C12H10N2O2S/c15-12(16)10-9(7-3-4-7)14-11(17-10)8-2-1-5-13-6-8/h1-2,5-7H,3-4H2,(H,15,16). The van der Waals surface area contributed by atoms with Crippen LogP contribution in [0.15, 0.2) is 24.5 Å². The predicted octanol–water partition coefficient (Wildman–Crippen LogP) is 2.78. The number of hydrogen-bond acceptors (Lipinski definition) is 4. The summed E-state index contributed by atoms with van der Waals surface area (Å²) in [6, 6.07) is 3.72. The van der Waals surface area contributed by atoms with E-state index >= 15 is 0 Å². The average Bonchev–Trinajstić information content (AvgIpc) is 3.09. The summed E-state index contributed by atoms with van der Waals surface area (Å²) in [6.45, 7) is 0. The molecule has 1 saturated carbocycles. The van der Waals surface area contributed by atoms with Gasteiger partial charge in [0.05, 0.1) is 5.69 Å². The highest BCUT2D eigenvalue weighted by Crippen LogP contribution is 2.44. The minimum absolute atomic E-state index is 0.350. The van der Waals surface area contributed by atoms with E-state index in [1.807, 2.05) is 12.1 Å². The molecule has 1 fully saturated rings. The molecule has 5 heteroatoms. The molecular weight excluding hydrogens is 236 g/mol. The van der Waals surface area contributed by atoms with Crippen molar-refractivity contribution in [2.45, 2.75) is 18.8 Å². The van der Waals surface area contributed by atoms with Crippen molar-refractivity contribution in [2.24, 2.45) is 0 Å². The van der Waals surface area contributed by atoms with Crippen molar-refractivity contribution in [3.63, 3.8) is 0 Å². The second-order valence-corrected chi connectivity index (χ2v) is 5.05. The van der Waals surface area contributed by atoms with Gasteiger partial charge in [-0.1, -0.05) is 0 Å². The molecule has 3 rings (SSSR count). The molecule has 0 atom stereocenters. The molecule has 0 amide bonds. The molecule has 1 N–H and O–H groups in total. The van der Waals surface area contributed by atoms with Crippen LogP contribution in [0.3, 0.4) is 0 Å². The van der Waals surface area contributed by atoms with Gasteiger partial charge in [0.25, 0.3) is 0 Å². The van der Waals surface area contributed by atoms with Crippen LogP contribution >= 0.6 is 11.3 Å². The van der Waals surface area contributed by atoms with Gasteiger partial charge < -0.3 is 5.11 Å². The Balaban J connectivity index is 2.07. The van der Waals surface area contributed by atoms with Crippen molar-refractivity contribution in [2.75, 3.05) is 0 Å². The molecule has 0 spiro atoms. The number of hydrogen-bond donors (Lipinski definition) is 1. The highest BCUT2D eigenvalue weighted by Gasteiger charge is 2.32. The van der Waals surface area contributed by atoms with Gasteiger partial charge in [0.2, 0.25) is 0 Å². The Morgan fingerprint density at radius 2 is 2.29 bits per heavy atom. The minimum Gasteiger partial charge on any atom is -0.477 e. The lowest BCUT2D eigenvalue weighted by atomic mass is 10.2. The normalized spacial score (nSPS) is 14.8. The molecule has 0 aromatic carbocycles. The minimum atomic E-state index is -0.875. The topological polar surface area (TPSA) is 63.1 Å². The fourth-order valence-corrected chi connectivity index (χ4v) is 2.71. The zero-order valence-electron chi connectivity index (χ0n) is 8.96. The molecule has 2 aromatic rings. The van der Waals surface area contributed by atoms with Crippen LogP contribution in [-0.4, -0.2) is 21.0 Å². The quantitative estimate of drug-likeness (QED) is 0.904. The monoisotopic (exact) mass is 246 g/mol. The number of nitrogens with zero attached hydrogens (tertiary/aromatic N) is 2. The van der Waals surface area contributed by atoms with Crippen molar-refractivity contribution in [3.05, 3.63) is 35.1 Å². The van der Waals surface area contributed by atoms with E-state index in [4.69, 9.17) is 5.11 Å². The molecule has 86 valence electrons. The van der Waals surface area contributed by atoms with Crippen molar-refractivity contribution in [1.82, 2.24) is 9.97 Å². The molecule has 1 aliphatic carbocycles. The van der Waals surface area contributed by atoms with Gasteiger partial charge in [-0.15, -0.1) is 11.3 Å². The maximum Gasteiger partial charge on any atom is 0.347 e. The second-order valence-electron chi connectivity index (χ2n) is 4.05.